The Morgan fingerprint density at radius 2 is 1.80 bits per heavy atom. The van der Waals surface area contributed by atoms with Crippen molar-refractivity contribution in [2.45, 2.75) is 19.5 Å². The average molecular weight is 229 g/mol. The number of alkyl halides is 5. The third-order valence-electron chi connectivity index (χ3n) is 1.70. The van der Waals surface area contributed by atoms with Gasteiger partial charge in [-0.25, -0.2) is 13.8 Å². The number of pyridine rings is 1. The van der Waals surface area contributed by atoms with Crippen LogP contribution in [0.25, 0.3) is 0 Å². The molecule has 1 aromatic heterocycles. The van der Waals surface area contributed by atoms with E-state index in [1.54, 1.807) is 0 Å². The number of rotatable bonds is 1. The van der Waals surface area contributed by atoms with Crippen molar-refractivity contribution in [3.63, 3.8) is 0 Å². The van der Waals surface area contributed by atoms with Gasteiger partial charge in [0.1, 0.15) is 5.69 Å². The Labute approximate surface area is 80.7 Å². The minimum absolute atomic E-state index is 0.467. The standard InChI is InChI=1S/C8H5F6N/c1-3-2-4(9)15-6(7(10)11)5(3)8(12,13)14/h2,7H,1H3. The number of aromatic nitrogens is 1. The number of hydrogen-bond donors (Lipinski definition) is 0. The molecule has 0 aromatic carbocycles. The third-order valence-corrected chi connectivity index (χ3v) is 1.70. The van der Waals surface area contributed by atoms with E-state index in [4.69, 9.17) is 0 Å². The van der Waals surface area contributed by atoms with Gasteiger partial charge in [0.2, 0.25) is 5.95 Å². The van der Waals surface area contributed by atoms with Crippen molar-refractivity contribution in [1.82, 2.24) is 4.98 Å². The molecule has 0 spiro atoms. The summed E-state index contributed by atoms with van der Waals surface area (Å²) in [5, 5.41) is 0. The van der Waals surface area contributed by atoms with Crippen molar-refractivity contribution in [3.05, 3.63) is 28.8 Å². The van der Waals surface area contributed by atoms with Gasteiger partial charge in [-0.1, -0.05) is 0 Å². The maximum absolute atomic E-state index is 12.5. The molecule has 0 amide bonds. The normalized spacial score (nSPS) is 12.3. The summed E-state index contributed by atoms with van der Waals surface area (Å²) >= 11 is 0. The van der Waals surface area contributed by atoms with Crippen LogP contribution >= 0.6 is 0 Å². The van der Waals surface area contributed by atoms with Crippen LogP contribution in [0.3, 0.4) is 0 Å². The summed E-state index contributed by atoms with van der Waals surface area (Å²) in [6.07, 6.45) is -8.42. The van der Waals surface area contributed by atoms with E-state index in [2.05, 4.69) is 4.98 Å². The summed E-state index contributed by atoms with van der Waals surface area (Å²) in [6, 6.07) is 0.467. The molecule has 0 saturated heterocycles. The van der Waals surface area contributed by atoms with Crippen LogP contribution < -0.4 is 0 Å². The topological polar surface area (TPSA) is 12.9 Å². The Kier molecular flexibility index (Phi) is 2.92. The fourth-order valence-corrected chi connectivity index (χ4v) is 1.18. The SMILES string of the molecule is Cc1cc(F)nc(C(F)F)c1C(F)(F)F. The predicted molar refractivity (Wildman–Crippen MR) is 38.9 cm³/mol. The molecule has 1 nitrogen and oxygen atoms in total. The summed E-state index contributed by atoms with van der Waals surface area (Å²) in [6.45, 7) is 0.902. The largest absolute Gasteiger partial charge is 0.418 e. The van der Waals surface area contributed by atoms with E-state index >= 15 is 0 Å². The predicted octanol–water partition coefficient (Wildman–Crippen LogP) is 3.49. The zero-order valence-corrected chi connectivity index (χ0v) is 7.37. The fraction of sp³-hybridized carbons (Fsp3) is 0.375. The molecule has 0 atom stereocenters. The molecule has 0 fully saturated rings. The zero-order chi connectivity index (χ0) is 11.8. The minimum atomic E-state index is -4.96. The molecule has 0 bridgehead atoms. The van der Waals surface area contributed by atoms with Gasteiger partial charge in [0.15, 0.2) is 0 Å². The molecule has 1 heterocycles. The molecule has 15 heavy (non-hydrogen) atoms. The molecule has 0 radical (unpaired) electrons. The Balaban J connectivity index is 3.48. The van der Waals surface area contributed by atoms with Gasteiger partial charge >= 0.3 is 6.18 Å². The summed E-state index contributed by atoms with van der Waals surface area (Å²) < 4.78 is 73.8. The fourth-order valence-electron chi connectivity index (χ4n) is 1.18. The van der Waals surface area contributed by atoms with E-state index in [1.165, 1.54) is 0 Å². The summed E-state index contributed by atoms with van der Waals surface area (Å²) in [7, 11) is 0. The van der Waals surface area contributed by atoms with Crippen molar-refractivity contribution >= 4 is 0 Å². The van der Waals surface area contributed by atoms with Crippen LogP contribution in [-0.4, -0.2) is 4.98 Å². The van der Waals surface area contributed by atoms with Gasteiger partial charge in [0, 0.05) is 0 Å². The molecular formula is C8H5F6N. The molecule has 1 aromatic rings. The van der Waals surface area contributed by atoms with Gasteiger partial charge in [-0.3, -0.25) is 0 Å². The second-order valence-electron chi connectivity index (χ2n) is 2.82. The van der Waals surface area contributed by atoms with Crippen LogP contribution in [0, 0.1) is 12.9 Å². The molecular weight excluding hydrogens is 224 g/mol. The highest BCUT2D eigenvalue weighted by molar-refractivity contribution is 5.32. The molecule has 7 heteroatoms. The van der Waals surface area contributed by atoms with Gasteiger partial charge in [-0.15, -0.1) is 0 Å². The highest BCUT2D eigenvalue weighted by Gasteiger charge is 2.38. The first kappa shape index (κ1) is 11.8. The third kappa shape index (κ3) is 2.40. The van der Waals surface area contributed by atoms with Gasteiger partial charge in [-0.05, 0) is 18.6 Å². The lowest BCUT2D eigenvalue weighted by Crippen LogP contribution is -2.14. The van der Waals surface area contributed by atoms with Crippen LogP contribution in [0.5, 0.6) is 0 Å². The van der Waals surface area contributed by atoms with Gasteiger partial charge in [0.05, 0.1) is 5.56 Å². The minimum Gasteiger partial charge on any atom is -0.218 e. The number of aryl methyl sites for hydroxylation is 1. The first-order valence-corrected chi connectivity index (χ1v) is 3.76. The van der Waals surface area contributed by atoms with E-state index in [0.29, 0.717) is 6.07 Å². The van der Waals surface area contributed by atoms with Crippen molar-refractivity contribution < 1.29 is 26.3 Å². The molecule has 0 saturated carbocycles. The van der Waals surface area contributed by atoms with Crippen LogP contribution in [-0.2, 0) is 6.18 Å². The Morgan fingerprint density at radius 1 is 1.27 bits per heavy atom. The highest BCUT2D eigenvalue weighted by atomic mass is 19.4. The van der Waals surface area contributed by atoms with Crippen molar-refractivity contribution in [3.8, 4) is 0 Å². The molecule has 0 aliphatic heterocycles. The first-order chi connectivity index (χ1) is 6.73. The number of nitrogens with zero attached hydrogens (tertiary/aromatic N) is 1. The molecule has 1 rings (SSSR count). The van der Waals surface area contributed by atoms with E-state index in [-0.39, 0.29) is 0 Å². The van der Waals surface area contributed by atoms with E-state index in [9.17, 15) is 26.3 Å². The van der Waals surface area contributed by atoms with Crippen molar-refractivity contribution in [1.29, 1.82) is 0 Å². The quantitative estimate of drug-likeness (QED) is 0.530. The summed E-state index contributed by atoms with van der Waals surface area (Å²) in [5.74, 6) is -1.35. The Morgan fingerprint density at radius 3 is 2.20 bits per heavy atom. The van der Waals surface area contributed by atoms with Crippen LogP contribution in [0.4, 0.5) is 26.3 Å². The van der Waals surface area contributed by atoms with Crippen molar-refractivity contribution in [2.24, 2.45) is 0 Å². The van der Waals surface area contributed by atoms with Gasteiger partial charge in [0.25, 0.3) is 6.43 Å². The average Bonchev–Trinajstić information content (AvgIpc) is 1.99. The van der Waals surface area contributed by atoms with Crippen molar-refractivity contribution in [2.75, 3.05) is 0 Å². The lowest BCUT2D eigenvalue weighted by atomic mass is 10.1. The van der Waals surface area contributed by atoms with Gasteiger partial charge < -0.3 is 0 Å². The van der Waals surface area contributed by atoms with E-state index < -0.39 is 35.4 Å². The summed E-state index contributed by atoms with van der Waals surface area (Å²) in [5.41, 5.74) is -3.75. The monoisotopic (exact) mass is 229 g/mol. The van der Waals surface area contributed by atoms with Gasteiger partial charge in [-0.2, -0.15) is 17.6 Å². The lowest BCUT2D eigenvalue weighted by Gasteiger charge is -2.14. The lowest BCUT2D eigenvalue weighted by molar-refractivity contribution is -0.140. The Bertz CT molecular complexity index is 370. The van der Waals surface area contributed by atoms with Crippen LogP contribution in [0.15, 0.2) is 6.07 Å². The van der Waals surface area contributed by atoms with Crippen LogP contribution in [0.1, 0.15) is 23.2 Å². The Hall–Kier alpha value is -1.27. The smallest absolute Gasteiger partial charge is 0.218 e. The zero-order valence-electron chi connectivity index (χ0n) is 7.37. The molecule has 0 N–H and O–H groups in total. The molecule has 0 aliphatic carbocycles. The first-order valence-electron chi connectivity index (χ1n) is 3.76. The molecule has 0 unspecified atom stereocenters. The number of hydrogen-bond acceptors (Lipinski definition) is 1. The highest BCUT2D eigenvalue weighted by Crippen LogP contribution is 2.37. The second-order valence-corrected chi connectivity index (χ2v) is 2.82. The summed E-state index contributed by atoms with van der Waals surface area (Å²) in [4.78, 5) is 2.56. The second kappa shape index (κ2) is 3.71. The number of halogens is 6. The van der Waals surface area contributed by atoms with Crippen LogP contribution in [0.2, 0.25) is 0 Å². The maximum Gasteiger partial charge on any atom is 0.418 e. The molecule has 0 aliphatic rings. The van der Waals surface area contributed by atoms with E-state index in [0.717, 1.165) is 6.92 Å². The van der Waals surface area contributed by atoms with E-state index in [1.807, 2.05) is 0 Å². The molecule has 84 valence electrons. The maximum atomic E-state index is 12.5.